The van der Waals surface area contributed by atoms with Crippen LogP contribution in [0.2, 0.25) is 0 Å². The molecule has 2 aromatic rings. The fourth-order valence-electron chi connectivity index (χ4n) is 1.90. The summed E-state index contributed by atoms with van der Waals surface area (Å²) >= 11 is 0. The van der Waals surface area contributed by atoms with Crippen molar-refractivity contribution >= 4 is 0 Å². The topological polar surface area (TPSA) is 63.9 Å². The van der Waals surface area contributed by atoms with Crippen LogP contribution in [-0.4, -0.2) is 17.3 Å². The van der Waals surface area contributed by atoms with Crippen LogP contribution in [0.4, 0.5) is 0 Å². The Morgan fingerprint density at radius 2 is 2.06 bits per heavy atom. The fourth-order valence-corrected chi connectivity index (χ4v) is 1.90. The second-order valence-corrected chi connectivity index (χ2v) is 4.05. The number of ether oxygens (including phenoxy) is 1. The number of aromatic amines is 1. The Balaban J connectivity index is 2.49. The van der Waals surface area contributed by atoms with Crippen molar-refractivity contribution in [1.29, 1.82) is 0 Å². The molecule has 0 aliphatic rings. The lowest BCUT2D eigenvalue weighted by molar-refractivity contribution is 0.411. The average Bonchev–Trinajstić information content (AvgIpc) is 2.81. The molecule has 0 aliphatic carbocycles. The summed E-state index contributed by atoms with van der Waals surface area (Å²) in [6.07, 6.45) is 0. The maximum Gasteiger partial charge on any atom is 0.122 e. The Kier molecular flexibility index (Phi) is 3.15. The smallest absolute Gasteiger partial charge is 0.122 e. The molecule has 1 aromatic carbocycles. The van der Waals surface area contributed by atoms with Gasteiger partial charge in [0, 0.05) is 17.8 Å². The minimum absolute atomic E-state index is 0.473. The molecule has 0 amide bonds. The summed E-state index contributed by atoms with van der Waals surface area (Å²) in [7, 11) is 1.68. The molecule has 0 bridgehead atoms. The summed E-state index contributed by atoms with van der Waals surface area (Å²) in [5.74, 6) is 0.904. The molecule has 4 nitrogen and oxygen atoms in total. The van der Waals surface area contributed by atoms with Gasteiger partial charge in [-0.1, -0.05) is 0 Å². The maximum absolute atomic E-state index is 5.56. The van der Waals surface area contributed by atoms with Gasteiger partial charge in [-0.3, -0.25) is 5.10 Å². The van der Waals surface area contributed by atoms with E-state index in [2.05, 4.69) is 17.1 Å². The van der Waals surface area contributed by atoms with Crippen LogP contribution < -0.4 is 10.5 Å². The van der Waals surface area contributed by atoms with Crippen LogP contribution in [0.15, 0.2) is 18.2 Å². The van der Waals surface area contributed by atoms with Gasteiger partial charge in [0.25, 0.3) is 0 Å². The summed E-state index contributed by atoms with van der Waals surface area (Å²) in [4.78, 5) is 0. The van der Waals surface area contributed by atoms with Gasteiger partial charge in [-0.05, 0) is 43.2 Å². The summed E-state index contributed by atoms with van der Waals surface area (Å²) in [6, 6.07) is 5.97. The molecule has 17 heavy (non-hydrogen) atoms. The molecule has 0 fully saturated rings. The normalized spacial score (nSPS) is 10.6. The molecule has 0 atom stereocenters. The largest absolute Gasteiger partial charge is 0.496 e. The number of hydrogen-bond donors (Lipinski definition) is 2. The Hall–Kier alpha value is -1.81. The highest BCUT2D eigenvalue weighted by Gasteiger charge is 2.10. The zero-order valence-electron chi connectivity index (χ0n) is 10.4. The van der Waals surface area contributed by atoms with Gasteiger partial charge >= 0.3 is 0 Å². The Morgan fingerprint density at radius 1 is 1.29 bits per heavy atom. The number of nitrogens with zero attached hydrogens (tertiary/aromatic N) is 1. The summed E-state index contributed by atoms with van der Waals surface area (Å²) < 4.78 is 5.29. The molecule has 0 saturated carbocycles. The van der Waals surface area contributed by atoms with E-state index >= 15 is 0 Å². The van der Waals surface area contributed by atoms with Gasteiger partial charge < -0.3 is 10.5 Å². The fraction of sp³-hybridized carbons (Fsp3) is 0.308. The van der Waals surface area contributed by atoms with Crippen LogP contribution in [0.25, 0.3) is 11.3 Å². The van der Waals surface area contributed by atoms with Crippen molar-refractivity contribution in [2.45, 2.75) is 20.4 Å². The molecule has 0 unspecified atom stereocenters. The van der Waals surface area contributed by atoms with Gasteiger partial charge in [-0.2, -0.15) is 5.10 Å². The number of aromatic nitrogens is 2. The van der Waals surface area contributed by atoms with E-state index in [9.17, 15) is 0 Å². The van der Waals surface area contributed by atoms with E-state index < -0.39 is 0 Å². The molecule has 4 heteroatoms. The Morgan fingerprint density at radius 3 is 2.65 bits per heavy atom. The number of hydrogen-bond acceptors (Lipinski definition) is 3. The van der Waals surface area contributed by atoms with Crippen LogP contribution in [-0.2, 0) is 6.54 Å². The highest BCUT2D eigenvalue weighted by atomic mass is 16.5. The number of methoxy groups -OCH3 is 1. The van der Waals surface area contributed by atoms with Gasteiger partial charge in [0.1, 0.15) is 5.75 Å². The SMILES string of the molecule is COc1ccc(-c2cc(CN)[nH]n2)c(C)c1C. The third-order valence-corrected chi connectivity index (χ3v) is 3.08. The zero-order chi connectivity index (χ0) is 12.4. The number of rotatable bonds is 3. The molecule has 90 valence electrons. The lowest BCUT2D eigenvalue weighted by Crippen LogP contribution is -1.95. The Bertz CT molecular complexity index is 531. The minimum Gasteiger partial charge on any atom is -0.496 e. The number of nitrogens with one attached hydrogen (secondary N) is 1. The molecular formula is C13H17N3O. The minimum atomic E-state index is 0.473. The monoisotopic (exact) mass is 231 g/mol. The van der Waals surface area contributed by atoms with Crippen molar-refractivity contribution in [2.75, 3.05) is 7.11 Å². The molecule has 2 rings (SSSR count). The first-order chi connectivity index (χ1) is 8.17. The van der Waals surface area contributed by atoms with E-state index in [0.29, 0.717) is 6.54 Å². The maximum atomic E-state index is 5.56. The standard InChI is InChI=1S/C13H17N3O/c1-8-9(2)13(17-3)5-4-11(8)12-6-10(7-14)15-16-12/h4-6H,7,14H2,1-3H3,(H,15,16). The van der Waals surface area contributed by atoms with Crippen LogP contribution in [0, 0.1) is 13.8 Å². The zero-order valence-corrected chi connectivity index (χ0v) is 10.4. The molecular weight excluding hydrogens is 214 g/mol. The van der Waals surface area contributed by atoms with Crippen molar-refractivity contribution in [3.63, 3.8) is 0 Å². The third-order valence-electron chi connectivity index (χ3n) is 3.08. The predicted octanol–water partition coefficient (Wildman–Crippen LogP) is 2.16. The predicted molar refractivity (Wildman–Crippen MR) is 67.9 cm³/mol. The van der Waals surface area contributed by atoms with Gasteiger partial charge in [-0.25, -0.2) is 0 Å². The van der Waals surface area contributed by atoms with Crippen LogP contribution >= 0.6 is 0 Å². The first-order valence-corrected chi connectivity index (χ1v) is 5.56. The van der Waals surface area contributed by atoms with E-state index in [-0.39, 0.29) is 0 Å². The Labute approximate surface area is 101 Å². The highest BCUT2D eigenvalue weighted by Crippen LogP contribution is 2.30. The summed E-state index contributed by atoms with van der Waals surface area (Å²) in [5.41, 5.74) is 10.9. The van der Waals surface area contributed by atoms with E-state index in [0.717, 1.165) is 28.3 Å². The first-order valence-electron chi connectivity index (χ1n) is 5.56. The molecule has 0 spiro atoms. The van der Waals surface area contributed by atoms with E-state index in [1.54, 1.807) is 7.11 Å². The van der Waals surface area contributed by atoms with Crippen LogP contribution in [0.3, 0.4) is 0 Å². The third kappa shape index (κ3) is 2.03. The summed E-state index contributed by atoms with van der Waals surface area (Å²) in [6.45, 7) is 4.60. The number of benzene rings is 1. The summed E-state index contributed by atoms with van der Waals surface area (Å²) in [5, 5.41) is 7.19. The van der Waals surface area contributed by atoms with Crippen molar-refractivity contribution in [3.8, 4) is 17.0 Å². The highest BCUT2D eigenvalue weighted by molar-refractivity contribution is 5.67. The molecule has 0 radical (unpaired) electrons. The van der Waals surface area contributed by atoms with Gasteiger partial charge in [0.05, 0.1) is 12.8 Å². The van der Waals surface area contributed by atoms with Gasteiger partial charge in [0.2, 0.25) is 0 Å². The lowest BCUT2D eigenvalue weighted by Gasteiger charge is -2.10. The van der Waals surface area contributed by atoms with Crippen molar-refractivity contribution in [3.05, 3.63) is 35.0 Å². The van der Waals surface area contributed by atoms with Crippen LogP contribution in [0.5, 0.6) is 5.75 Å². The van der Waals surface area contributed by atoms with E-state index in [4.69, 9.17) is 10.5 Å². The number of H-pyrrole nitrogens is 1. The molecule has 1 heterocycles. The molecule has 0 aliphatic heterocycles. The van der Waals surface area contributed by atoms with Gasteiger partial charge in [0.15, 0.2) is 0 Å². The van der Waals surface area contributed by atoms with Crippen molar-refractivity contribution in [1.82, 2.24) is 10.2 Å². The molecule has 3 N–H and O–H groups in total. The molecule has 0 saturated heterocycles. The number of nitrogens with two attached hydrogens (primary N) is 1. The van der Waals surface area contributed by atoms with Crippen molar-refractivity contribution < 1.29 is 4.74 Å². The van der Waals surface area contributed by atoms with Gasteiger partial charge in [-0.15, -0.1) is 0 Å². The van der Waals surface area contributed by atoms with E-state index in [1.165, 1.54) is 5.56 Å². The molecule has 1 aromatic heterocycles. The average molecular weight is 231 g/mol. The lowest BCUT2D eigenvalue weighted by atomic mass is 10.00. The second kappa shape index (κ2) is 4.59. The van der Waals surface area contributed by atoms with E-state index in [1.807, 2.05) is 25.1 Å². The second-order valence-electron chi connectivity index (χ2n) is 4.05. The first kappa shape index (κ1) is 11.7. The quantitative estimate of drug-likeness (QED) is 0.850. The van der Waals surface area contributed by atoms with Crippen molar-refractivity contribution in [2.24, 2.45) is 5.73 Å². The van der Waals surface area contributed by atoms with Crippen LogP contribution in [0.1, 0.15) is 16.8 Å².